The number of nitrogens with zero attached hydrogens (tertiary/aromatic N) is 3. The van der Waals surface area contributed by atoms with Crippen molar-refractivity contribution < 1.29 is 27.9 Å². The Labute approximate surface area is 207 Å². The monoisotopic (exact) mass is 498 g/mol. The summed E-state index contributed by atoms with van der Waals surface area (Å²) in [5.74, 6) is -2.96. The predicted octanol–water partition coefficient (Wildman–Crippen LogP) is 2.77. The lowest BCUT2D eigenvalue weighted by molar-refractivity contribution is -0.137. The van der Waals surface area contributed by atoms with Crippen LogP contribution in [0, 0.1) is 17.6 Å². The smallest absolute Gasteiger partial charge is 0.325 e. The molecule has 0 saturated carbocycles. The third-order valence-corrected chi connectivity index (χ3v) is 7.44. The van der Waals surface area contributed by atoms with E-state index in [9.17, 15) is 23.2 Å². The Morgan fingerprint density at radius 1 is 1.11 bits per heavy atom. The standard InChI is InChI=1S/C26H28F2N4O4/c27-20-7-3-5-17(23(20)28)15-22(33)31-12-9-18(10-13-31)26(21-8-1-2-11-29-21)24(34)32(25(35)30-26)16-19-6-4-14-36-19/h1-3,5,7-8,11,18-19H,4,6,9-10,12-16H2,(H,30,35)/t19-,26+/m1/s1. The third kappa shape index (κ3) is 4.34. The van der Waals surface area contributed by atoms with Crippen molar-refractivity contribution in [2.75, 3.05) is 26.2 Å². The Morgan fingerprint density at radius 2 is 1.92 bits per heavy atom. The summed E-state index contributed by atoms with van der Waals surface area (Å²) in [7, 11) is 0. The zero-order valence-corrected chi connectivity index (χ0v) is 19.8. The summed E-state index contributed by atoms with van der Waals surface area (Å²) in [6.45, 7) is 1.45. The lowest BCUT2D eigenvalue weighted by atomic mass is 9.75. The van der Waals surface area contributed by atoms with Gasteiger partial charge in [-0.05, 0) is 43.9 Å². The van der Waals surface area contributed by atoms with Gasteiger partial charge in [0, 0.05) is 37.4 Å². The Kier molecular flexibility index (Phi) is 6.70. The minimum atomic E-state index is -1.33. The molecule has 0 aliphatic carbocycles. The molecule has 0 unspecified atom stereocenters. The number of imide groups is 1. The van der Waals surface area contributed by atoms with Crippen LogP contribution in [0.3, 0.4) is 0 Å². The molecule has 10 heteroatoms. The topological polar surface area (TPSA) is 91.8 Å². The van der Waals surface area contributed by atoms with Gasteiger partial charge in [0.25, 0.3) is 5.91 Å². The van der Waals surface area contributed by atoms with Crippen molar-refractivity contribution in [2.45, 2.75) is 43.7 Å². The van der Waals surface area contributed by atoms with Crippen LogP contribution in [-0.4, -0.2) is 65.0 Å². The van der Waals surface area contributed by atoms with Gasteiger partial charge in [0.05, 0.1) is 24.8 Å². The van der Waals surface area contributed by atoms with Crippen molar-refractivity contribution in [3.05, 3.63) is 65.5 Å². The van der Waals surface area contributed by atoms with Crippen molar-refractivity contribution in [3.63, 3.8) is 0 Å². The fourth-order valence-corrected chi connectivity index (χ4v) is 5.53. The molecule has 5 rings (SSSR count). The normalized spacial score (nSPS) is 24.9. The highest BCUT2D eigenvalue weighted by Crippen LogP contribution is 2.41. The first kappa shape index (κ1) is 24.3. The lowest BCUT2D eigenvalue weighted by Crippen LogP contribution is -2.55. The van der Waals surface area contributed by atoms with E-state index in [0.29, 0.717) is 38.2 Å². The Balaban J connectivity index is 1.33. The van der Waals surface area contributed by atoms with Crippen LogP contribution in [0.15, 0.2) is 42.6 Å². The molecule has 2 atom stereocenters. The van der Waals surface area contributed by atoms with E-state index < -0.39 is 23.2 Å². The number of halogens is 2. The van der Waals surface area contributed by atoms with Crippen LogP contribution in [0.4, 0.5) is 13.6 Å². The second-order valence-corrected chi connectivity index (χ2v) is 9.55. The van der Waals surface area contributed by atoms with Gasteiger partial charge in [-0.25, -0.2) is 13.6 Å². The zero-order chi connectivity index (χ0) is 25.3. The van der Waals surface area contributed by atoms with E-state index in [1.807, 2.05) is 0 Å². The minimum Gasteiger partial charge on any atom is -0.376 e. The number of nitrogens with one attached hydrogen (secondary N) is 1. The first-order valence-electron chi connectivity index (χ1n) is 12.3. The van der Waals surface area contributed by atoms with E-state index in [4.69, 9.17) is 4.74 Å². The van der Waals surface area contributed by atoms with Gasteiger partial charge in [0.15, 0.2) is 17.2 Å². The maximum Gasteiger partial charge on any atom is 0.325 e. The van der Waals surface area contributed by atoms with Gasteiger partial charge in [-0.3, -0.25) is 19.5 Å². The average molecular weight is 499 g/mol. The number of likely N-dealkylation sites (tertiary alicyclic amines) is 1. The Bertz CT molecular complexity index is 1150. The molecule has 0 radical (unpaired) electrons. The molecule has 1 aromatic heterocycles. The largest absolute Gasteiger partial charge is 0.376 e. The summed E-state index contributed by atoms with van der Waals surface area (Å²) in [5, 5.41) is 2.95. The summed E-state index contributed by atoms with van der Waals surface area (Å²) in [4.78, 5) is 47.0. The van der Waals surface area contributed by atoms with Crippen LogP contribution < -0.4 is 5.32 Å². The van der Waals surface area contributed by atoms with Crippen LogP contribution in [0.25, 0.3) is 0 Å². The van der Waals surface area contributed by atoms with Crippen LogP contribution >= 0.6 is 0 Å². The minimum absolute atomic E-state index is 0.00934. The number of amides is 4. The highest BCUT2D eigenvalue weighted by atomic mass is 19.2. The van der Waals surface area contributed by atoms with Gasteiger partial charge >= 0.3 is 6.03 Å². The first-order chi connectivity index (χ1) is 17.4. The molecule has 4 amide bonds. The van der Waals surface area contributed by atoms with E-state index in [1.54, 1.807) is 29.3 Å². The molecule has 1 N–H and O–H groups in total. The van der Waals surface area contributed by atoms with Gasteiger partial charge in [0.1, 0.15) is 0 Å². The van der Waals surface area contributed by atoms with Gasteiger partial charge in [-0.15, -0.1) is 0 Å². The maximum atomic E-state index is 14.1. The molecule has 36 heavy (non-hydrogen) atoms. The number of piperidine rings is 1. The Hall–Kier alpha value is -3.40. The van der Waals surface area contributed by atoms with Crippen LogP contribution in [0.5, 0.6) is 0 Å². The summed E-state index contributed by atoms with van der Waals surface area (Å²) in [6.07, 6.45) is 3.73. The lowest BCUT2D eigenvalue weighted by Gasteiger charge is -2.40. The molecular weight excluding hydrogens is 470 g/mol. The van der Waals surface area contributed by atoms with Gasteiger partial charge < -0.3 is 15.0 Å². The van der Waals surface area contributed by atoms with Gasteiger partial charge in [-0.1, -0.05) is 18.2 Å². The molecule has 0 spiro atoms. The average Bonchev–Trinajstić information content (AvgIpc) is 3.50. The summed E-state index contributed by atoms with van der Waals surface area (Å²) in [6, 6.07) is 8.57. The van der Waals surface area contributed by atoms with Crippen molar-refractivity contribution in [2.24, 2.45) is 5.92 Å². The van der Waals surface area contributed by atoms with Crippen LogP contribution in [0.1, 0.15) is 36.9 Å². The molecule has 3 aliphatic heterocycles. The number of carbonyl (C=O) groups is 3. The molecule has 2 aromatic rings. The number of hydrogen-bond donors (Lipinski definition) is 1. The van der Waals surface area contributed by atoms with Crippen molar-refractivity contribution in [3.8, 4) is 0 Å². The molecule has 190 valence electrons. The second-order valence-electron chi connectivity index (χ2n) is 9.55. The highest BCUT2D eigenvalue weighted by molar-refractivity contribution is 6.07. The summed E-state index contributed by atoms with van der Waals surface area (Å²) >= 11 is 0. The number of benzene rings is 1. The molecule has 4 heterocycles. The fourth-order valence-electron chi connectivity index (χ4n) is 5.53. The van der Waals surface area contributed by atoms with E-state index in [2.05, 4.69) is 10.3 Å². The van der Waals surface area contributed by atoms with Crippen molar-refractivity contribution >= 4 is 17.8 Å². The van der Waals surface area contributed by atoms with Crippen molar-refractivity contribution in [1.82, 2.24) is 20.1 Å². The molecule has 3 fully saturated rings. The van der Waals surface area contributed by atoms with Crippen LogP contribution in [-0.2, 0) is 26.3 Å². The molecule has 3 aliphatic rings. The Morgan fingerprint density at radius 3 is 2.61 bits per heavy atom. The number of ether oxygens (including phenoxy) is 1. The van der Waals surface area contributed by atoms with Gasteiger partial charge in [0.2, 0.25) is 5.91 Å². The SMILES string of the molecule is O=C(Cc1cccc(F)c1F)N1CCC([C@@]2(c3ccccn3)NC(=O)N(C[C@H]3CCCO3)C2=O)CC1. The first-order valence-corrected chi connectivity index (χ1v) is 12.3. The van der Waals surface area contributed by atoms with Gasteiger partial charge in [-0.2, -0.15) is 0 Å². The molecular formula is C26H28F2N4O4. The molecule has 1 aromatic carbocycles. The number of urea groups is 1. The van der Waals surface area contributed by atoms with E-state index in [1.165, 1.54) is 17.0 Å². The quantitative estimate of drug-likeness (QED) is 0.619. The number of pyridine rings is 1. The third-order valence-electron chi connectivity index (χ3n) is 7.44. The van der Waals surface area contributed by atoms with E-state index >= 15 is 0 Å². The predicted molar refractivity (Wildman–Crippen MR) is 124 cm³/mol. The maximum absolute atomic E-state index is 14.1. The fraction of sp³-hybridized carbons (Fsp3) is 0.462. The molecule has 0 bridgehead atoms. The van der Waals surface area contributed by atoms with Crippen molar-refractivity contribution in [1.29, 1.82) is 0 Å². The highest BCUT2D eigenvalue weighted by Gasteiger charge is 2.58. The summed E-state index contributed by atoms with van der Waals surface area (Å²) in [5.41, 5.74) is -0.860. The molecule has 8 nitrogen and oxygen atoms in total. The summed E-state index contributed by atoms with van der Waals surface area (Å²) < 4.78 is 33.2. The zero-order valence-electron chi connectivity index (χ0n) is 19.8. The van der Waals surface area contributed by atoms with E-state index in [0.717, 1.165) is 18.9 Å². The second kappa shape index (κ2) is 9.93. The number of aromatic nitrogens is 1. The van der Waals surface area contributed by atoms with Crippen LogP contribution in [0.2, 0.25) is 0 Å². The number of rotatable bonds is 6. The van der Waals surface area contributed by atoms with E-state index in [-0.39, 0.29) is 42.4 Å². The molecule has 3 saturated heterocycles. The number of carbonyl (C=O) groups excluding carboxylic acids is 3. The number of hydrogen-bond acceptors (Lipinski definition) is 5.